The summed E-state index contributed by atoms with van der Waals surface area (Å²) in [6.45, 7) is 2.09. The number of hydrogen-bond acceptors (Lipinski definition) is 2. The molecule has 0 aromatic carbocycles. The van der Waals surface area contributed by atoms with Gasteiger partial charge in [-0.25, -0.2) is 0 Å². The lowest BCUT2D eigenvalue weighted by Gasteiger charge is -2.29. The van der Waals surface area contributed by atoms with Crippen molar-refractivity contribution in [3.63, 3.8) is 0 Å². The predicted molar refractivity (Wildman–Crippen MR) is 72.4 cm³/mol. The lowest BCUT2D eigenvalue weighted by molar-refractivity contribution is 0.284. The number of rotatable bonds is 3. The van der Waals surface area contributed by atoms with E-state index in [0.717, 1.165) is 10.9 Å². The molecule has 0 spiro atoms. The van der Waals surface area contributed by atoms with E-state index in [9.17, 15) is 0 Å². The number of nitrogens with one attached hydrogen (secondary N) is 1. The highest BCUT2D eigenvalue weighted by molar-refractivity contribution is 7.10. The molecule has 1 aromatic heterocycles. The number of thiophene rings is 1. The fraction of sp³-hybridized carbons (Fsp3) is 0.692. The van der Waals surface area contributed by atoms with E-state index < -0.39 is 0 Å². The monoisotopic (exact) mass is 257 g/mol. The Morgan fingerprint density at radius 1 is 1.38 bits per heavy atom. The Kier molecular flexibility index (Phi) is 4.28. The van der Waals surface area contributed by atoms with Gasteiger partial charge in [0.05, 0.1) is 5.02 Å². The second kappa shape index (κ2) is 5.52. The predicted octanol–water partition coefficient (Wildman–Crippen LogP) is 4.55. The molecule has 1 N–H and O–H groups in total. The molecule has 0 bridgehead atoms. The van der Waals surface area contributed by atoms with Gasteiger partial charge in [0.2, 0.25) is 0 Å². The van der Waals surface area contributed by atoms with E-state index in [2.05, 4.69) is 24.7 Å². The van der Waals surface area contributed by atoms with Gasteiger partial charge in [-0.15, -0.1) is 11.3 Å². The summed E-state index contributed by atoms with van der Waals surface area (Å²) in [5.74, 6) is 0.772. The van der Waals surface area contributed by atoms with Gasteiger partial charge in [0, 0.05) is 10.9 Å². The lowest BCUT2D eigenvalue weighted by Crippen LogP contribution is -2.26. The van der Waals surface area contributed by atoms with E-state index in [1.165, 1.54) is 42.5 Å². The highest BCUT2D eigenvalue weighted by Crippen LogP contribution is 2.40. The third-order valence-electron chi connectivity index (χ3n) is 3.64. The molecule has 1 aromatic rings. The standard InChI is InChI=1S/C13H20ClNS/c1-9-8-16-13(11(9)14)12(15-2)10-6-4-3-5-7-10/h8,10,12,15H,3-7H2,1-2H3. The Hall–Kier alpha value is -0.0500. The normalized spacial score (nSPS) is 19.9. The molecule has 1 fully saturated rings. The molecule has 0 saturated heterocycles. The van der Waals surface area contributed by atoms with Crippen LogP contribution >= 0.6 is 22.9 Å². The Labute approximate surface area is 107 Å². The summed E-state index contributed by atoms with van der Waals surface area (Å²) in [5, 5.41) is 6.62. The Bertz CT molecular complexity index is 342. The zero-order valence-electron chi connectivity index (χ0n) is 10.1. The van der Waals surface area contributed by atoms with Gasteiger partial charge < -0.3 is 5.32 Å². The fourth-order valence-corrected chi connectivity index (χ4v) is 4.22. The third-order valence-corrected chi connectivity index (χ3v) is 5.44. The molecule has 1 aliphatic rings. The van der Waals surface area contributed by atoms with Gasteiger partial charge in [-0.05, 0) is 43.7 Å². The summed E-state index contributed by atoms with van der Waals surface area (Å²) in [5.41, 5.74) is 1.22. The van der Waals surface area contributed by atoms with Crippen LogP contribution in [0.2, 0.25) is 5.02 Å². The lowest BCUT2D eigenvalue weighted by atomic mass is 9.83. The maximum atomic E-state index is 6.37. The van der Waals surface area contributed by atoms with Crippen molar-refractivity contribution in [2.45, 2.75) is 45.1 Å². The van der Waals surface area contributed by atoms with Crippen LogP contribution < -0.4 is 5.32 Å². The molecular formula is C13H20ClNS. The highest BCUT2D eigenvalue weighted by Gasteiger charge is 2.26. The first-order valence-electron chi connectivity index (χ1n) is 6.14. The van der Waals surface area contributed by atoms with Crippen LogP contribution in [0.3, 0.4) is 0 Å². The largest absolute Gasteiger partial charge is 0.312 e. The van der Waals surface area contributed by atoms with E-state index >= 15 is 0 Å². The molecule has 16 heavy (non-hydrogen) atoms. The fourth-order valence-electron chi connectivity index (χ4n) is 2.71. The maximum absolute atomic E-state index is 6.37. The van der Waals surface area contributed by atoms with Crippen LogP contribution in [0.4, 0.5) is 0 Å². The maximum Gasteiger partial charge on any atom is 0.0590 e. The molecule has 1 atom stereocenters. The molecule has 0 aliphatic heterocycles. The van der Waals surface area contributed by atoms with Crippen molar-refractivity contribution >= 4 is 22.9 Å². The van der Waals surface area contributed by atoms with Gasteiger partial charge in [-0.1, -0.05) is 30.9 Å². The van der Waals surface area contributed by atoms with Gasteiger partial charge in [-0.2, -0.15) is 0 Å². The van der Waals surface area contributed by atoms with Gasteiger partial charge >= 0.3 is 0 Å². The molecule has 1 nitrogen and oxygen atoms in total. The van der Waals surface area contributed by atoms with E-state index in [1.54, 1.807) is 0 Å². The van der Waals surface area contributed by atoms with Crippen molar-refractivity contribution in [3.05, 3.63) is 20.8 Å². The topological polar surface area (TPSA) is 12.0 Å². The van der Waals surface area contributed by atoms with Crippen molar-refractivity contribution in [2.75, 3.05) is 7.05 Å². The Balaban J connectivity index is 2.18. The molecule has 1 heterocycles. The van der Waals surface area contributed by atoms with Crippen LogP contribution in [0.5, 0.6) is 0 Å². The zero-order chi connectivity index (χ0) is 11.5. The van der Waals surface area contributed by atoms with Crippen LogP contribution in [-0.4, -0.2) is 7.05 Å². The van der Waals surface area contributed by atoms with Gasteiger partial charge in [0.1, 0.15) is 0 Å². The van der Waals surface area contributed by atoms with Gasteiger partial charge in [-0.3, -0.25) is 0 Å². The van der Waals surface area contributed by atoms with Crippen LogP contribution in [-0.2, 0) is 0 Å². The molecule has 3 heteroatoms. The van der Waals surface area contributed by atoms with Crippen LogP contribution in [0.1, 0.15) is 48.6 Å². The van der Waals surface area contributed by atoms with Crippen molar-refractivity contribution in [1.29, 1.82) is 0 Å². The summed E-state index contributed by atoms with van der Waals surface area (Å²) < 4.78 is 0. The molecule has 90 valence electrons. The molecule has 1 saturated carbocycles. The summed E-state index contributed by atoms with van der Waals surface area (Å²) in [6.07, 6.45) is 6.86. The van der Waals surface area contributed by atoms with Crippen molar-refractivity contribution in [1.82, 2.24) is 5.32 Å². The van der Waals surface area contributed by atoms with Crippen molar-refractivity contribution < 1.29 is 0 Å². The number of halogens is 1. The van der Waals surface area contributed by atoms with Crippen LogP contribution in [0.15, 0.2) is 5.38 Å². The second-order valence-electron chi connectivity index (χ2n) is 4.76. The summed E-state index contributed by atoms with van der Waals surface area (Å²) in [6, 6.07) is 0.464. The minimum absolute atomic E-state index is 0.464. The van der Waals surface area contributed by atoms with Gasteiger partial charge in [0.15, 0.2) is 0 Å². The minimum atomic E-state index is 0.464. The SMILES string of the molecule is CNC(c1scc(C)c1Cl)C1CCCCC1. The second-order valence-corrected chi connectivity index (χ2v) is 6.05. The molecule has 1 aliphatic carbocycles. The van der Waals surface area contributed by atoms with E-state index in [1.807, 2.05) is 11.3 Å². The molecule has 1 unspecified atom stereocenters. The van der Waals surface area contributed by atoms with Crippen LogP contribution in [0.25, 0.3) is 0 Å². The first kappa shape index (κ1) is 12.4. The minimum Gasteiger partial charge on any atom is -0.312 e. The summed E-state index contributed by atoms with van der Waals surface area (Å²) in [4.78, 5) is 1.34. The van der Waals surface area contributed by atoms with E-state index in [0.29, 0.717) is 6.04 Å². The number of hydrogen-bond donors (Lipinski definition) is 1. The number of aryl methyl sites for hydroxylation is 1. The van der Waals surface area contributed by atoms with Crippen molar-refractivity contribution in [2.24, 2.45) is 5.92 Å². The average molecular weight is 258 g/mol. The quantitative estimate of drug-likeness (QED) is 0.838. The Morgan fingerprint density at radius 3 is 2.56 bits per heavy atom. The summed E-state index contributed by atoms with van der Waals surface area (Å²) >= 11 is 8.18. The van der Waals surface area contributed by atoms with E-state index in [4.69, 9.17) is 11.6 Å². The molecule has 2 rings (SSSR count). The smallest absolute Gasteiger partial charge is 0.0590 e. The first-order valence-corrected chi connectivity index (χ1v) is 7.40. The third kappa shape index (κ3) is 2.44. The van der Waals surface area contributed by atoms with Crippen LogP contribution in [0, 0.1) is 12.8 Å². The molecule has 0 amide bonds. The van der Waals surface area contributed by atoms with Gasteiger partial charge in [0.25, 0.3) is 0 Å². The average Bonchev–Trinajstić information content (AvgIpc) is 2.64. The molecular weight excluding hydrogens is 238 g/mol. The molecule has 0 radical (unpaired) electrons. The zero-order valence-corrected chi connectivity index (χ0v) is 11.6. The first-order chi connectivity index (χ1) is 7.74. The highest BCUT2D eigenvalue weighted by atomic mass is 35.5. The Morgan fingerprint density at radius 2 is 2.06 bits per heavy atom. The van der Waals surface area contributed by atoms with E-state index in [-0.39, 0.29) is 0 Å². The summed E-state index contributed by atoms with van der Waals surface area (Å²) in [7, 11) is 2.06. The van der Waals surface area contributed by atoms with Crippen molar-refractivity contribution in [3.8, 4) is 0 Å².